The normalized spacial score (nSPS) is 3.00. The fourth-order valence-corrected chi connectivity index (χ4v) is 0. The van der Waals surface area contributed by atoms with E-state index in [-0.39, 0.29) is 5.48 Å². The van der Waals surface area contributed by atoms with E-state index < -0.39 is 18.5 Å². The summed E-state index contributed by atoms with van der Waals surface area (Å²) in [5.41, 5.74) is 0. The molecule has 0 saturated heterocycles. The second-order valence-corrected chi connectivity index (χ2v) is 0.403. The Labute approximate surface area is 42.0 Å². The zero-order chi connectivity index (χ0) is 4.71. The molecule has 0 bridgehead atoms. The summed E-state index contributed by atoms with van der Waals surface area (Å²) < 4.78 is 17.0. The van der Waals surface area contributed by atoms with Crippen LogP contribution in [0, 0.1) is 0 Å². The summed E-state index contributed by atoms with van der Waals surface area (Å²) in [4.78, 5) is 0. The Bertz CT molecular complexity index is 24.9. The van der Waals surface area contributed by atoms with Gasteiger partial charge in [0.1, 0.15) is 0 Å². The molecule has 6 heavy (non-hydrogen) atoms. The molecule has 0 fully saturated rings. The van der Waals surface area contributed by atoms with Crippen LogP contribution in [0.5, 0.6) is 0 Å². The summed E-state index contributed by atoms with van der Waals surface area (Å²) in [7, 11) is 0. The first-order chi connectivity index (χ1) is 2.41. The fourth-order valence-electron chi connectivity index (χ4n) is 0. The van der Waals surface area contributed by atoms with Gasteiger partial charge in [0.25, 0.3) is 0 Å². The molecule has 0 aromatic heterocycles. The van der Waals surface area contributed by atoms with E-state index in [0.29, 0.717) is 0 Å². The molecule has 0 rings (SSSR count). The third-order valence-electron chi connectivity index (χ3n) is 0. The van der Waals surface area contributed by atoms with E-state index in [2.05, 4.69) is 0 Å². The van der Waals surface area contributed by atoms with Crippen molar-refractivity contribution >= 4 is 0 Å². The molecule has 4 N–H and O–H groups in total. The van der Waals surface area contributed by atoms with Gasteiger partial charge in [-0.1, -0.05) is 0 Å². The van der Waals surface area contributed by atoms with Crippen molar-refractivity contribution in [1.82, 2.24) is 0 Å². The molecule has 0 atom stereocenters. The first-order valence-corrected chi connectivity index (χ1v) is 2.17. The maximum absolute atomic E-state index is 8.50. The van der Waals surface area contributed by atoms with Gasteiger partial charge in [-0.2, -0.15) is 0 Å². The van der Waals surface area contributed by atoms with Crippen molar-refractivity contribution in [3.63, 3.8) is 0 Å². The molecule has 0 aromatic rings. The van der Waals surface area contributed by atoms with Crippen LogP contribution in [0.3, 0.4) is 0 Å². The van der Waals surface area contributed by atoms with E-state index in [9.17, 15) is 0 Å². The molecule has 0 unspecified atom stereocenters. The van der Waals surface area contributed by atoms with E-state index in [1.165, 1.54) is 0 Å². The molecule has 0 radical (unpaired) electrons. The van der Waals surface area contributed by atoms with Gasteiger partial charge in [0.05, 0.1) is 0 Å². The van der Waals surface area contributed by atoms with Crippen molar-refractivity contribution < 1.29 is 41.3 Å². The van der Waals surface area contributed by atoms with Crippen LogP contribution < -0.4 is 0 Å². The summed E-state index contributed by atoms with van der Waals surface area (Å²) in [6, 6.07) is 0. The van der Waals surface area contributed by atoms with Gasteiger partial charge in [-0.15, -0.1) is 0 Å². The van der Waals surface area contributed by atoms with Crippen LogP contribution in [0.1, 0.15) is 0 Å². The van der Waals surface area contributed by atoms with Gasteiger partial charge in [-0.25, -0.2) is 0 Å². The van der Waals surface area contributed by atoms with E-state index >= 15 is 0 Å². The molecule has 0 amide bonds. The first-order valence-electron chi connectivity index (χ1n) is 0.533. The number of hydrogen-bond acceptors (Lipinski definition) is 4. The zero-order valence-electron chi connectivity index (χ0n) is 2.62. The average molecular weight is 180 g/mol. The molecule has 0 aliphatic heterocycles. The number of rotatable bonds is 0. The van der Waals surface area contributed by atoms with Crippen molar-refractivity contribution in [3.05, 3.63) is 0 Å². The molecule has 0 aliphatic carbocycles. The zero-order valence-corrected chi connectivity index (χ0v) is 4.63. The van der Waals surface area contributed by atoms with Crippen LogP contribution in [-0.2, 0) is 25.3 Å². The van der Waals surface area contributed by atoms with Crippen LogP contribution in [0.25, 0.3) is 0 Å². The second-order valence-electron chi connectivity index (χ2n) is 0.0680. The van der Waals surface area contributed by atoms with Gasteiger partial charge >= 0.3 is 25.3 Å². The van der Waals surface area contributed by atoms with E-state index in [1.54, 1.807) is 0 Å². The summed E-state index contributed by atoms with van der Waals surface area (Å²) in [6.07, 6.45) is 0. The van der Waals surface area contributed by atoms with Crippen LogP contribution in [-0.4, -0.2) is 16.0 Å². The molecule has 6 heteroatoms. The summed E-state index contributed by atoms with van der Waals surface area (Å²) >= 11 is -2.03. The molecular weight excluding hydrogens is 176 g/mol. The predicted octanol–water partition coefficient (Wildman–Crippen LogP) is -1.05. The maximum atomic E-state index is 8.50. The topological polar surface area (TPSA) is 106 Å². The monoisotopic (exact) mass is 182 g/mol. The van der Waals surface area contributed by atoms with E-state index in [4.69, 9.17) is 17.3 Å². The molecular formula is H4MoO5. The quantitative estimate of drug-likeness (QED) is 0.281. The summed E-state index contributed by atoms with van der Waals surface area (Å²) in [6.45, 7) is 0. The molecule has 0 spiro atoms. The van der Waals surface area contributed by atoms with E-state index in [1.807, 2.05) is 0 Å². The second kappa shape index (κ2) is 65.8. The average Bonchev–Trinajstić information content (AvgIpc) is 1.46. The van der Waals surface area contributed by atoms with Crippen LogP contribution in [0.4, 0.5) is 0 Å². The molecule has 0 heterocycles. The first kappa shape index (κ1) is 16.4. The molecule has 0 aliphatic rings. The van der Waals surface area contributed by atoms with Gasteiger partial charge < -0.3 is 5.48 Å². The minimum absolute atomic E-state index is 0. The Hall–Kier alpha value is 0.168. The van der Waals surface area contributed by atoms with E-state index in [0.717, 1.165) is 0 Å². The Kier molecular flexibility index (Phi) is 180. The Morgan fingerprint density at radius 1 is 1.17 bits per heavy atom. The van der Waals surface area contributed by atoms with Crippen LogP contribution in [0.15, 0.2) is 0 Å². The fraction of sp³-hybridized carbons (Fsp3) is 0. The summed E-state index contributed by atoms with van der Waals surface area (Å²) in [5.74, 6) is 0. The Balaban J connectivity index is -0.0000000275. The molecule has 40 valence electrons. The van der Waals surface area contributed by atoms with Crippen LogP contribution >= 0.6 is 0 Å². The molecule has 5 nitrogen and oxygen atoms in total. The van der Waals surface area contributed by atoms with Gasteiger partial charge in [0.15, 0.2) is 0 Å². The number of hydrogen-bond donors (Lipinski definition) is 2. The van der Waals surface area contributed by atoms with Gasteiger partial charge in [-0.05, 0) is 0 Å². The standard InChI is InChI=1S/Mo.H2O2.H2O.2O/c;1-2;;;/h;1-2H;1H2;;. The molecule has 0 saturated carbocycles. The van der Waals surface area contributed by atoms with Gasteiger partial charge in [0, 0.05) is 0 Å². The Morgan fingerprint density at radius 2 is 1.17 bits per heavy atom. The predicted molar refractivity (Wildman–Crippen MR) is 10.2 cm³/mol. The van der Waals surface area contributed by atoms with Crippen LogP contribution in [0.2, 0.25) is 0 Å². The van der Waals surface area contributed by atoms with Crippen molar-refractivity contribution in [2.45, 2.75) is 0 Å². The minimum atomic E-state index is -2.03. The third kappa shape index (κ3) is 1480. The van der Waals surface area contributed by atoms with Gasteiger partial charge in [0.2, 0.25) is 0 Å². The Morgan fingerprint density at radius 3 is 1.17 bits per heavy atom. The van der Waals surface area contributed by atoms with Crippen molar-refractivity contribution in [2.24, 2.45) is 0 Å². The summed E-state index contributed by atoms with van der Waals surface area (Å²) in [5, 5.41) is 12.0. The molecule has 0 aromatic carbocycles. The van der Waals surface area contributed by atoms with Crippen molar-refractivity contribution in [3.8, 4) is 0 Å². The van der Waals surface area contributed by atoms with Crippen molar-refractivity contribution in [1.29, 1.82) is 0 Å². The third-order valence-corrected chi connectivity index (χ3v) is 0. The SMILES string of the molecule is O.OO.[O]=[Mo]=[O]. The van der Waals surface area contributed by atoms with Gasteiger partial charge in [-0.3, -0.25) is 10.5 Å². The van der Waals surface area contributed by atoms with Crippen molar-refractivity contribution in [2.75, 3.05) is 0 Å².